The molecule has 0 saturated carbocycles. The predicted molar refractivity (Wildman–Crippen MR) is 72.2 cm³/mol. The van der Waals surface area contributed by atoms with E-state index in [4.69, 9.17) is 16.7 Å². The van der Waals surface area contributed by atoms with E-state index in [0.29, 0.717) is 0 Å². The average molecular weight is 294 g/mol. The van der Waals surface area contributed by atoms with Gasteiger partial charge in [-0.1, -0.05) is 29.8 Å². The minimum atomic E-state index is -1.32. The van der Waals surface area contributed by atoms with Gasteiger partial charge in [0.1, 0.15) is 16.3 Å². The smallest absolute Gasteiger partial charge is 0.340 e. The molecule has 0 aliphatic heterocycles. The van der Waals surface area contributed by atoms with Crippen molar-refractivity contribution in [3.63, 3.8) is 0 Å². The number of hydrogen-bond donors (Lipinski definition) is 2. The molecule has 102 valence electrons. The molecule has 2 aromatic carbocycles. The van der Waals surface area contributed by atoms with Gasteiger partial charge < -0.3 is 10.2 Å². The van der Waals surface area contributed by atoms with Gasteiger partial charge in [0.15, 0.2) is 0 Å². The lowest BCUT2D eigenvalue weighted by Crippen LogP contribution is -2.00. The monoisotopic (exact) mass is 293 g/mol. The molecule has 0 amide bonds. The fraction of sp³-hybridized carbons (Fsp3) is 0. The first-order valence-electron chi connectivity index (χ1n) is 5.41. The zero-order chi connectivity index (χ0) is 14.9. The predicted octanol–water partition coefficient (Wildman–Crippen LogP) is 3.32. The van der Waals surface area contributed by atoms with Gasteiger partial charge in [-0.05, 0) is 17.7 Å². The molecule has 2 rings (SSSR count). The van der Waals surface area contributed by atoms with E-state index in [0.717, 1.165) is 0 Å². The van der Waals surface area contributed by atoms with E-state index in [9.17, 15) is 20.0 Å². The first-order chi connectivity index (χ1) is 9.41. The number of nitro groups is 1. The van der Waals surface area contributed by atoms with Crippen LogP contribution in [-0.2, 0) is 0 Å². The topological polar surface area (TPSA) is 101 Å². The van der Waals surface area contributed by atoms with Crippen molar-refractivity contribution in [1.29, 1.82) is 0 Å². The Morgan fingerprint density at radius 3 is 2.55 bits per heavy atom. The van der Waals surface area contributed by atoms with Crippen LogP contribution in [0.2, 0.25) is 5.02 Å². The third-order valence-corrected chi connectivity index (χ3v) is 3.03. The fourth-order valence-corrected chi connectivity index (χ4v) is 2.01. The zero-order valence-electron chi connectivity index (χ0n) is 9.91. The number of aromatic carboxylic acids is 1. The summed E-state index contributed by atoms with van der Waals surface area (Å²) >= 11 is 5.70. The standard InChI is InChI=1S/C13H8ClNO5/c14-9-5-4-7(6-10(9)15(19)20)8-2-1-3-11(16)12(8)13(17)18/h1-6,16H,(H,17,18). The van der Waals surface area contributed by atoms with Gasteiger partial charge in [-0.2, -0.15) is 0 Å². The summed E-state index contributed by atoms with van der Waals surface area (Å²) in [6, 6.07) is 8.08. The van der Waals surface area contributed by atoms with Crippen LogP contribution in [0, 0.1) is 10.1 Å². The van der Waals surface area contributed by atoms with Gasteiger partial charge in [0, 0.05) is 11.6 Å². The highest BCUT2D eigenvalue weighted by molar-refractivity contribution is 6.32. The molecule has 0 aliphatic carbocycles. The summed E-state index contributed by atoms with van der Waals surface area (Å²) in [7, 11) is 0. The van der Waals surface area contributed by atoms with Crippen LogP contribution in [0.4, 0.5) is 5.69 Å². The number of carboxylic acid groups (broad SMARTS) is 1. The Morgan fingerprint density at radius 1 is 1.25 bits per heavy atom. The van der Waals surface area contributed by atoms with Crippen molar-refractivity contribution in [2.24, 2.45) is 0 Å². The number of phenols is 1. The van der Waals surface area contributed by atoms with Crippen molar-refractivity contribution in [2.45, 2.75) is 0 Å². The third-order valence-electron chi connectivity index (χ3n) is 2.71. The normalized spacial score (nSPS) is 10.2. The van der Waals surface area contributed by atoms with Gasteiger partial charge in [-0.3, -0.25) is 10.1 Å². The van der Waals surface area contributed by atoms with Crippen molar-refractivity contribution in [1.82, 2.24) is 0 Å². The summed E-state index contributed by atoms with van der Waals surface area (Å²) < 4.78 is 0. The molecule has 7 heteroatoms. The van der Waals surface area contributed by atoms with E-state index in [2.05, 4.69) is 0 Å². The van der Waals surface area contributed by atoms with Gasteiger partial charge in [-0.25, -0.2) is 4.79 Å². The number of nitrogens with zero attached hydrogens (tertiary/aromatic N) is 1. The Bertz CT molecular complexity index is 714. The highest BCUT2D eigenvalue weighted by Crippen LogP contribution is 2.34. The minimum absolute atomic E-state index is 0.0456. The van der Waals surface area contributed by atoms with Crippen LogP contribution in [0.25, 0.3) is 11.1 Å². The molecule has 6 nitrogen and oxygen atoms in total. The summed E-state index contributed by atoms with van der Waals surface area (Å²) in [6.45, 7) is 0. The number of aromatic hydroxyl groups is 1. The maximum atomic E-state index is 11.2. The number of carbonyl (C=O) groups is 1. The SMILES string of the molecule is O=C(O)c1c(O)cccc1-c1ccc(Cl)c([N+](=O)[O-])c1. The van der Waals surface area contributed by atoms with Crippen LogP contribution < -0.4 is 0 Å². The van der Waals surface area contributed by atoms with Crippen LogP contribution in [0.15, 0.2) is 36.4 Å². The molecule has 0 unspecified atom stereocenters. The fourth-order valence-electron chi connectivity index (χ4n) is 1.83. The van der Waals surface area contributed by atoms with Gasteiger partial charge in [-0.15, -0.1) is 0 Å². The van der Waals surface area contributed by atoms with Gasteiger partial charge in [0.25, 0.3) is 5.69 Å². The van der Waals surface area contributed by atoms with E-state index in [1.165, 1.54) is 36.4 Å². The second-order valence-electron chi connectivity index (χ2n) is 3.93. The van der Waals surface area contributed by atoms with Gasteiger partial charge in [0.05, 0.1) is 4.92 Å². The molecule has 0 spiro atoms. The van der Waals surface area contributed by atoms with Crippen molar-refractivity contribution in [3.8, 4) is 16.9 Å². The van der Waals surface area contributed by atoms with Crippen molar-refractivity contribution < 1.29 is 19.9 Å². The molecule has 0 aromatic heterocycles. The van der Waals surface area contributed by atoms with Gasteiger partial charge >= 0.3 is 5.97 Å². The Balaban J connectivity index is 2.69. The van der Waals surface area contributed by atoms with Crippen LogP contribution in [0.1, 0.15) is 10.4 Å². The highest BCUT2D eigenvalue weighted by Gasteiger charge is 2.19. The molecule has 0 saturated heterocycles. The van der Waals surface area contributed by atoms with Crippen molar-refractivity contribution >= 4 is 23.3 Å². The maximum Gasteiger partial charge on any atom is 0.340 e. The summed E-state index contributed by atoms with van der Waals surface area (Å²) in [5.41, 5.74) is -0.181. The van der Waals surface area contributed by atoms with Crippen LogP contribution in [-0.4, -0.2) is 21.1 Å². The highest BCUT2D eigenvalue weighted by atomic mass is 35.5. The number of rotatable bonds is 3. The van der Waals surface area contributed by atoms with Crippen molar-refractivity contribution in [3.05, 3.63) is 57.1 Å². The van der Waals surface area contributed by atoms with Crippen molar-refractivity contribution in [2.75, 3.05) is 0 Å². The van der Waals surface area contributed by atoms with E-state index >= 15 is 0 Å². The molecule has 0 radical (unpaired) electrons. The molecule has 0 heterocycles. The molecule has 2 N–H and O–H groups in total. The Hall–Kier alpha value is -2.60. The Morgan fingerprint density at radius 2 is 1.95 bits per heavy atom. The Kier molecular flexibility index (Phi) is 3.58. The lowest BCUT2D eigenvalue weighted by atomic mass is 9.98. The minimum Gasteiger partial charge on any atom is -0.507 e. The number of carboxylic acids is 1. The first-order valence-corrected chi connectivity index (χ1v) is 5.79. The van der Waals surface area contributed by atoms with E-state index in [1.807, 2.05) is 0 Å². The molecule has 0 fully saturated rings. The summed E-state index contributed by atoms with van der Waals surface area (Å²) in [5, 5.41) is 29.5. The molecule has 0 aliphatic rings. The second kappa shape index (κ2) is 5.18. The summed E-state index contributed by atoms with van der Waals surface area (Å²) in [4.78, 5) is 21.4. The molecule has 0 bridgehead atoms. The molecule has 2 aromatic rings. The molecular formula is C13H8ClNO5. The Labute approximate surface area is 118 Å². The second-order valence-corrected chi connectivity index (χ2v) is 4.34. The largest absolute Gasteiger partial charge is 0.507 e. The van der Waals surface area contributed by atoms with E-state index < -0.39 is 16.6 Å². The number of halogens is 1. The zero-order valence-corrected chi connectivity index (χ0v) is 10.7. The third kappa shape index (κ3) is 2.41. The van der Waals surface area contributed by atoms with Crippen LogP contribution in [0.3, 0.4) is 0 Å². The maximum absolute atomic E-state index is 11.2. The number of nitro benzene ring substituents is 1. The van der Waals surface area contributed by atoms with Gasteiger partial charge in [0.2, 0.25) is 0 Å². The first kappa shape index (κ1) is 13.8. The quantitative estimate of drug-likeness (QED) is 0.668. The number of hydrogen-bond acceptors (Lipinski definition) is 4. The molecule has 0 atom stereocenters. The molecular weight excluding hydrogens is 286 g/mol. The van der Waals surface area contributed by atoms with E-state index in [1.54, 1.807) is 0 Å². The van der Waals surface area contributed by atoms with Crippen LogP contribution >= 0.6 is 11.6 Å². The average Bonchev–Trinajstić information content (AvgIpc) is 2.38. The molecule has 20 heavy (non-hydrogen) atoms. The lowest BCUT2D eigenvalue weighted by molar-refractivity contribution is -0.384. The van der Waals surface area contributed by atoms with E-state index in [-0.39, 0.29) is 27.4 Å². The lowest BCUT2D eigenvalue weighted by Gasteiger charge is -2.08. The number of benzene rings is 2. The summed E-state index contributed by atoms with van der Waals surface area (Å²) in [6.07, 6.45) is 0. The van der Waals surface area contributed by atoms with Crippen LogP contribution in [0.5, 0.6) is 5.75 Å². The summed E-state index contributed by atoms with van der Waals surface area (Å²) in [5.74, 6) is -1.73.